The maximum Gasteiger partial charge on any atom is 0.322 e. The molecular formula is C14H18N2O5S. The molecule has 0 saturated carbocycles. The van der Waals surface area contributed by atoms with Crippen molar-refractivity contribution < 1.29 is 24.2 Å². The summed E-state index contributed by atoms with van der Waals surface area (Å²) in [7, 11) is 1.31. The molecule has 0 bridgehead atoms. The standard InChI is InChI=1S/C14H18N2O5S/c1-21-14(20)10(22-12-7-2-3-8-15-12)5-4-6-11(17)16-9-13(18)19/h2-3,7-8,10H,4-6,9H2,1H3,(H,16,17)(H,18,19). The molecule has 0 radical (unpaired) electrons. The average molecular weight is 326 g/mol. The third-order valence-electron chi connectivity index (χ3n) is 2.67. The Morgan fingerprint density at radius 1 is 1.41 bits per heavy atom. The summed E-state index contributed by atoms with van der Waals surface area (Å²) in [5.74, 6) is -1.82. The number of aromatic nitrogens is 1. The minimum atomic E-state index is -1.09. The third kappa shape index (κ3) is 7.07. The third-order valence-corrected chi connectivity index (χ3v) is 3.87. The fourth-order valence-corrected chi connectivity index (χ4v) is 2.68. The number of carboxylic acids is 1. The van der Waals surface area contributed by atoms with Crippen LogP contribution in [0.25, 0.3) is 0 Å². The Bertz CT molecular complexity index is 509. The quantitative estimate of drug-likeness (QED) is 0.517. The topological polar surface area (TPSA) is 106 Å². The summed E-state index contributed by atoms with van der Waals surface area (Å²) in [6.45, 7) is -0.401. The SMILES string of the molecule is COC(=O)C(CCCC(=O)NCC(=O)O)Sc1ccccn1. The second kappa shape index (κ2) is 9.78. The Labute approximate surface area is 132 Å². The molecule has 1 heterocycles. The number of nitrogens with one attached hydrogen (secondary N) is 1. The molecule has 0 spiro atoms. The number of esters is 1. The highest BCUT2D eigenvalue weighted by Gasteiger charge is 2.21. The van der Waals surface area contributed by atoms with Gasteiger partial charge in [0.25, 0.3) is 0 Å². The van der Waals surface area contributed by atoms with Crippen LogP contribution >= 0.6 is 11.8 Å². The first kappa shape index (κ1) is 18.0. The molecule has 8 heteroatoms. The number of amides is 1. The molecule has 1 aromatic heterocycles. The summed E-state index contributed by atoms with van der Waals surface area (Å²) < 4.78 is 4.76. The fourth-order valence-electron chi connectivity index (χ4n) is 1.63. The van der Waals surface area contributed by atoms with Gasteiger partial charge in [0.2, 0.25) is 5.91 Å². The molecule has 0 aliphatic carbocycles. The van der Waals surface area contributed by atoms with Gasteiger partial charge >= 0.3 is 11.9 Å². The van der Waals surface area contributed by atoms with Crippen LogP contribution in [0.3, 0.4) is 0 Å². The second-order valence-electron chi connectivity index (χ2n) is 4.36. The summed E-state index contributed by atoms with van der Waals surface area (Å²) in [5, 5.41) is 11.0. The lowest BCUT2D eigenvalue weighted by molar-refractivity contribution is -0.140. The van der Waals surface area contributed by atoms with Crippen molar-refractivity contribution in [3.05, 3.63) is 24.4 Å². The van der Waals surface area contributed by atoms with Crippen LogP contribution in [0.5, 0.6) is 0 Å². The van der Waals surface area contributed by atoms with Crippen molar-refractivity contribution in [2.75, 3.05) is 13.7 Å². The van der Waals surface area contributed by atoms with Gasteiger partial charge in [-0.25, -0.2) is 4.98 Å². The largest absolute Gasteiger partial charge is 0.480 e. The number of carbonyl (C=O) groups is 3. The number of ether oxygens (including phenoxy) is 1. The number of hydrogen-bond donors (Lipinski definition) is 2. The molecule has 1 amide bonds. The molecule has 0 aromatic carbocycles. The molecule has 1 unspecified atom stereocenters. The first-order valence-electron chi connectivity index (χ1n) is 6.67. The summed E-state index contributed by atoms with van der Waals surface area (Å²) >= 11 is 1.28. The lowest BCUT2D eigenvalue weighted by Crippen LogP contribution is -2.29. The van der Waals surface area contributed by atoms with Crippen molar-refractivity contribution in [2.24, 2.45) is 0 Å². The summed E-state index contributed by atoms with van der Waals surface area (Å²) in [4.78, 5) is 37.6. The number of carbonyl (C=O) groups excluding carboxylic acids is 2. The van der Waals surface area contributed by atoms with Crippen molar-refractivity contribution in [2.45, 2.75) is 29.5 Å². The number of pyridine rings is 1. The maximum absolute atomic E-state index is 11.8. The second-order valence-corrected chi connectivity index (χ2v) is 5.58. The number of methoxy groups -OCH3 is 1. The Kier molecular flexibility index (Phi) is 7.98. The highest BCUT2D eigenvalue weighted by molar-refractivity contribution is 8.00. The van der Waals surface area contributed by atoms with Crippen LogP contribution in [0.1, 0.15) is 19.3 Å². The predicted octanol–water partition coefficient (Wildman–Crippen LogP) is 1.09. The number of carboxylic acid groups (broad SMARTS) is 1. The molecule has 0 saturated heterocycles. The Hall–Kier alpha value is -2.09. The lowest BCUT2D eigenvalue weighted by atomic mass is 10.2. The normalized spacial score (nSPS) is 11.5. The maximum atomic E-state index is 11.8. The molecule has 1 aromatic rings. The average Bonchev–Trinajstić information content (AvgIpc) is 2.52. The molecule has 120 valence electrons. The fraction of sp³-hybridized carbons (Fsp3) is 0.429. The van der Waals surface area contributed by atoms with Crippen LogP contribution in [0, 0.1) is 0 Å². The van der Waals surface area contributed by atoms with E-state index >= 15 is 0 Å². The minimum Gasteiger partial charge on any atom is -0.480 e. The monoisotopic (exact) mass is 326 g/mol. The zero-order valence-electron chi connectivity index (χ0n) is 12.2. The van der Waals surface area contributed by atoms with E-state index in [4.69, 9.17) is 9.84 Å². The highest BCUT2D eigenvalue weighted by Crippen LogP contribution is 2.25. The van der Waals surface area contributed by atoms with E-state index < -0.39 is 17.8 Å². The van der Waals surface area contributed by atoms with Crippen LogP contribution in [-0.4, -0.2) is 46.8 Å². The van der Waals surface area contributed by atoms with E-state index in [0.29, 0.717) is 17.9 Å². The van der Waals surface area contributed by atoms with E-state index in [2.05, 4.69) is 10.3 Å². The van der Waals surface area contributed by atoms with E-state index in [1.807, 2.05) is 6.07 Å². The minimum absolute atomic E-state index is 0.156. The van der Waals surface area contributed by atoms with Crippen LogP contribution in [0.4, 0.5) is 0 Å². The number of aliphatic carboxylic acids is 1. The number of hydrogen-bond acceptors (Lipinski definition) is 6. The molecule has 22 heavy (non-hydrogen) atoms. The van der Waals surface area contributed by atoms with Gasteiger partial charge < -0.3 is 15.2 Å². The zero-order valence-corrected chi connectivity index (χ0v) is 13.0. The Morgan fingerprint density at radius 3 is 2.77 bits per heavy atom. The Morgan fingerprint density at radius 2 is 2.18 bits per heavy atom. The van der Waals surface area contributed by atoms with Gasteiger partial charge in [-0.2, -0.15) is 0 Å². The molecule has 1 atom stereocenters. The van der Waals surface area contributed by atoms with Crippen molar-refractivity contribution >= 4 is 29.6 Å². The van der Waals surface area contributed by atoms with Gasteiger partial charge in [0.1, 0.15) is 11.8 Å². The molecule has 0 aliphatic rings. The summed E-state index contributed by atoms with van der Waals surface area (Å²) in [6.07, 6.45) is 2.68. The lowest BCUT2D eigenvalue weighted by Gasteiger charge is -2.13. The van der Waals surface area contributed by atoms with Crippen molar-refractivity contribution in [1.29, 1.82) is 0 Å². The van der Waals surface area contributed by atoms with E-state index in [1.165, 1.54) is 18.9 Å². The number of rotatable bonds is 9. The van der Waals surface area contributed by atoms with Crippen LogP contribution in [-0.2, 0) is 19.1 Å². The number of nitrogens with zero attached hydrogens (tertiary/aromatic N) is 1. The Balaban J connectivity index is 2.44. The zero-order chi connectivity index (χ0) is 16.4. The van der Waals surface area contributed by atoms with Gasteiger partial charge in [0, 0.05) is 12.6 Å². The van der Waals surface area contributed by atoms with Gasteiger partial charge in [0.05, 0.1) is 12.1 Å². The van der Waals surface area contributed by atoms with Gasteiger partial charge in [-0.15, -0.1) is 0 Å². The molecule has 7 nitrogen and oxygen atoms in total. The van der Waals surface area contributed by atoms with Gasteiger partial charge in [-0.3, -0.25) is 14.4 Å². The van der Waals surface area contributed by atoms with E-state index in [9.17, 15) is 14.4 Å². The molecule has 0 aliphatic heterocycles. The molecule has 2 N–H and O–H groups in total. The molecule has 1 rings (SSSR count). The first-order chi connectivity index (χ1) is 10.5. The van der Waals surface area contributed by atoms with Crippen molar-refractivity contribution in [3.63, 3.8) is 0 Å². The van der Waals surface area contributed by atoms with Gasteiger partial charge in [0.15, 0.2) is 0 Å². The predicted molar refractivity (Wildman–Crippen MR) is 80.4 cm³/mol. The van der Waals surface area contributed by atoms with Crippen molar-refractivity contribution in [1.82, 2.24) is 10.3 Å². The van der Waals surface area contributed by atoms with Crippen molar-refractivity contribution in [3.8, 4) is 0 Å². The highest BCUT2D eigenvalue weighted by atomic mass is 32.2. The van der Waals surface area contributed by atoms with E-state index in [-0.39, 0.29) is 18.3 Å². The first-order valence-corrected chi connectivity index (χ1v) is 7.55. The number of thioether (sulfide) groups is 1. The molecule has 0 fully saturated rings. The van der Waals surface area contributed by atoms with Crippen LogP contribution in [0.2, 0.25) is 0 Å². The van der Waals surface area contributed by atoms with E-state index in [0.717, 1.165) is 0 Å². The summed E-state index contributed by atoms with van der Waals surface area (Å²) in [6, 6.07) is 5.40. The van der Waals surface area contributed by atoms with Crippen LogP contribution in [0.15, 0.2) is 29.4 Å². The van der Waals surface area contributed by atoms with Gasteiger partial charge in [-0.1, -0.05) is 17.8 Å². The van der Waals surface area contributed by atoms with Crippen LogP contribution < -0.4 is 5.32 Å². The van der Waals surface area contributed by atoms with Gasteiger partial charge in [-0.05, 0) is 25.0 Å². The molecular weight excluding hydrogens is 308 g/mol. The van der Waals surface area contributed by atoms with E-state index in [1.54, 1.807) is 18.3 Å². The summed E-state index contributed by atoms with van der Waals surface area (Å²) in [5.41, 5.74) is 0. The smallest absolute Gasteiger partial charge is 0.322 e.